The van der Waals surface area contributed by atoms with E-state index in [-0.39, 0.29) is 18.6 Å². The Morgan fingerprint density at radius 1 is 1.33 bits per heavy atom. The predicted molar refractivity (Wildman–Crippen MR) is 85.4 cm³/mol. The van der Waals surface area contributed by atoms with Gasteiger partial charge in [-0.2, -0.15) is 0 Å². The van der Waals surface area contributed by atoms with Gasteiger partial charge in [0, 0.05) is 23.3 Å². The molecule has 0 radical (unpaired) electrons. The van der Waals surface area contributed by atoms with Gasteiger partial charge in [0.25, 0.3) is 0 Å². The van der Waals surface area contributed by atoms with Crippen LogP contribution in [0.25, 0.3) is 0 Å². The molecule has 8 heteroatoms. The van der Waals surface area contributed by atoms with Crippen LogP contribution in [0.3, 0.4) is 0 Å². The molecule has 2 aromatic rings. The molecule has 5 nitrogen and oxygen atoms in total. The van der Waals surface area contributed by atoms with Gasteiger partial charge >= 0.3 is 0 Å². The van der Waals surface area contributed by atoms with E-state index in [2.05, 4.69) is 9.98 Å². The summed E-state index contributed by atoms with van der Waals surface area (Å²) in [6.07, 6.45) is 3.32. The zero-order valence-corrected chi connectivity index (χ0v) is 13.4. The van der Waals surface area contributed by atoms with Crippen LogP contribution in [-0.2, 0) is 10.3 Å². The number of hydrogen-bond acceptors (Lipinski definition) is 6. The molecular weight excluding hydrogens is 336 g/mol. The number of amidine groups is 1. The molecule has 3 heterocycles. The number of thioether (sulfide) groups is 1. The maximum absolute atomic E-state index is 14.5. The highest BCUT2D eigenvalue weighted by molar-refractivity contribution is 8.13. The number of fused-ring (bicyclic) bond motifs is 1. The van der Waals surface area contributed by atoms with Gasteiger partial charge in [-0.1, -0.05) is 17.8 Å². The average molecular weight is 351 g/mol. The molecule has 2 aliphatic heterocycles. The number of nitrogens with two attached hydrogens (primary N) is 1. The lowest BCUT2D eigenvalue weighted by atomic mass is 9.75. The van der Waals surface area contributed by atoms with Gasteiger partial charge in [-0.3, -0.25) is 0 Å². The molecule has 1 fully saturated rings. The summed E-state index contributed by atoms with van der Waals surface area (Å²) in [5, 5.41) is 0.383. The molecule has 3 unspecified atom stereocenters. The van der Waals surface area contributed by atoms with E-state index in [1.165, 1.54) is 30.2 Å². The molecule has 0 spiro atoms. The van der Waals surface area contributed by atoms with Crippen molar-refractivity contribution in [3.05, 3.63) is 53.7 Å². The number of hydrogen-bond donors (Lipinski definition) is 1. The Morgan fingerprint density at radius 2 is 2.21 bits per heavy atom. The van der Waals surface area contributed by atoms with Crippen LogP contribution in [0.4, 0.5) is 8.78 Å². The van der Waals surface area contributed by atoms with Crippen molar-refractivity contribution in [2.75, 3.05) is 12.4 Å². The third kappa shape index (κ3) is 2.50. The number of rotatable bonds is 2. The quantitative estimate of drug-likeness (QED) is 0.900. The Kier molecular flexibility index (Phi) is 3.80. The topological polar surface area (TPSA) is 73.6 Å². The molecule has 4 rings (SSSR count). The molecule has 1 saturated heterocycles. The van der Waals surface area contributed by atoms with Crippen molar-refractivity contribution in [2.45, 2.75) is 18.1 Å². The van der Waals surface area contributed by atoms with Gasteiger partial charge < -0.3 is 14.9 Å². The lowest BCUT2D eigenvalue weighted by molar-refractivity contribution is -0.0697. The second-order valence-electron chi connectivity index (χ2n) is 5.91. The van der Waals surface area contributed by atoms with Gasteiger partial charge in [-0.25, -0.2) is 18.8 Å². The number of ether oxygens (including phenoxy) is 1. The third-order valence-corrected chi connectivity index (χ3v) is 5.50. The standard InChI is InChI=1S/C16H15F2N3O2S/c17-10-1-2-11(12(18)6-10)16-8-23-13(14-20-3-4-22-14)5-9(16)7-24-15(19)21-16/h1-4,6,9,13H,5,7-8H2,(H2,19,21). The van der Waals surface area contributed by atoms with E-state index >= 15 is 0 Å². The van der Waals surface area contributed by atoms with Crippen LogP contribution in [-0.4, -0.2) is 22.5 Å². The summed E-state index contributed by atoms with van der Waals surface area (Å²) in [5.74, 6) is -0.120. The van der Waals surface area contributed by atoms with Gasteiger partial charge in [0.1, 0.15) is 29.5 Å². The molecule has 1 aromatic carbocycles. The van der Waals surface area contributed by atoms with Crippen molar-refractivity contribution in [3.8, 4) is 0 Å². The number of benzene rings is 1. The second kappa shape index (κ2) is 5.86. The summed E-state index contributed by atoms with van der Waals surface area (Å²) >= 11 is 1.43. The fraction of sp³-hybridized carbons (Fsp3) is 0.375. The summed E-state index contributed by atoms with van der Waals surface area (Å²) in [6, 6.07) is 3.53. The summed E-state index contributed by atoms with van der Waals surface area (Å²) in [4.78, 5) is 8.67. The maximum Gasteiger partial charge on any atom is 0.223 e. The number of aliphatic imine (C=N–C) groups is 1. The first-order chi connectivity index (χ1) is 11.6. The Bertz CT molecular complexity index is 784. The Balaban J connectivity index is 1.74. The zero-order valence-electron chi connectivity index (χ0n) is 12.6. The zero-order chi connectivity index (χ0) is 16.7. The molecule has 24 heavy (non-hydrogen) atoms. The minimum atomic E-state index is -0.948. The van der Waals surface area contributed by atoms with Crippen LogP contribution in [0, 0.1) is 17.6 Å². The number of halogens is 2. The van der Waals surface area contributed by atoms with Crippen LogP contribution in [0.2, 0.25) is 0 Å². The summed E-state index contributed by atoms with van der Waals surface area (Å²) in [5.41, 5.74) is 5.26. The van der Waals surface area contributed by atoms with Crippen molar-refractivity contribution >= 4 is 16.9 Å². The highest BCUT2D eigenvalue weighted by Crippen LogP contribution is 2.49. The van der Waals surface area contributed by atoms with Crippen molar-refractivity contribution in [1.82, 2.24) is 4.98 Å². The van der Waals surface area contributed by atoms with E-state index in [0.717, 1.165) is 6.07 Å². The van der Waals surface area contributed by atoms with Crippen LogP contribution >= 0.6 is 11.8 Å². The fourth-order valence-corrected chi connectivity index (χ4v) is 4.39. The first-order valence-electron chi connectivity index (χ1n) is 7.53. The van der Waals surface area contributed by atoms with Crippen molar-refractivity contribution < 1.29 is 17.9 Å². The fourth-order valence-electron chi connectivity index (χ4n) is 3.38. The summed E-state index contributed by atoms with van der Waals surface area (Å²) in [7, 11) is 0. The average Bonchev–Trinajstić information content (AvgIpc) is 3.08. The molecule has 0 bridgehead atoms. The molecule has 2 N–H and O–H groups in total. The van der Waals surface area contributed by atoms with E-state index in [1.54, 1.807) is 6.20 Å². The smallest absolute Gasteiger partial charge is 0.223 e. The first kappa shape index (κ1) is 15.6. The molecule has 0 saturated carbocycles. The van der Waals surface area contributed by atoms with E-state index in [4.69, 9.17) is 14.9 Å². The number of oxazole rings is 1. The van der Waals surface area contributed by atoms with Gasteiger partial charge in [-0.15, -0.1) is 0 Å². The van der Waals surface area contributed by atoms with Crippen LogP contribution < -0.4 is 5.73 Å². The summed E-state index contributed by atoms with van der Waals surface area (Å²) < 4.78 is 39.0. The first-order valence-corrected chi connectivity index (χ1v) is 8.52. The van der Waals surface area contributed by atoms with Crippen LogP contribution in [0.1, 0.15) is 24.0 Å². The lowest BCUT2D eigenvalue weighted by Crippen LogP contribution is -2.48. The van der Waals surface area contributed by atoms with Crippen molar-refractivity contribution in [1.29, 1.82) is 0 Å². The Labute approximate surface area is 141 Å². The minimum Gasteiger partial charge on any atom is -0.446 e. The number of nitrogens with zero attached hydrogens (tertiary/aromatic N) is 2. The van der Waals surface area contributed by atoms with Crippen molar-refractivity contribution in [3.63, 3.8) is 0 Å². The Morgan fingerprint density at radius 3 is 2.96 bits per heavy atom. The van der Waals surface area contributed by atoms with Gasteiger partial charge in [0.05, 0.1) is 12.8 Å². The third-order valence-electron chi connectivity index (χ3n) is 4.55. The molecule has 126 valence electrons. The van der Waals surface area contributed by atoms with Gasteiger partial charge in [0.15, 0.2) is 5.17 Å². The van der Waals surface area contributed by atoms with Crippen molar-refractivity contribution in [2.24, 2.45) is 16.6 Å². The van der Waals surface area contributed by atoms with E-state index < -0.39 is 17.2 Å². The number of aromatic nitrogens is 1. The van der Waals surface area contributed by atoms with E-state index in [1.807, 2.05) is 0 Å². The normalized spacial score (nSPS) is 29.8. The van der Waals surface area contributed by atoms with E-state index in [0.29, 0.717) is 28.8 Å². The Hall–Kier alpha value is -1.93. The molecule has 2 aliphatic rings. The van der Waals surface area contributed by atoms with Gasteiger partial charge in [0.2, 0.25) is 5.89 Å². The molecule has 1 aromatic heterocycles. The highest BCUT2D eigenvalue weighted by Gasteiger charge is 2.50. The predicted octanol–water partition coefficient (Wildman–Crippen LogP) is 2.99. The van der Waals surface area contributed by atoms with Crippen LogP contribution in [0.5, 0.6) is 0 Å². The SMILES string of the molecule is NC1=NC2(c3ccc(F)cc3F)COC(c3ncco3)CC2CS1. The minimum absolute atomic E-state index is 0.0274. The van der Waals surface area contributed by atoms with E-state index in [9.17, 15) is 8.78 Å². The molecule has 0 amide bonds. The summed E-state index contributed by atoms with van der Waals surface area (Å²) in [6.45, 7) is 0.133. The second-order valence-corrected chi connectivity index (χ2v) is 6.95. The largest absolute Gasteiger partial charge is 0.446 e. The molecular formula is C16H15F2N3O2S. The maximum atomic E-state index is 14.5. The highest BCUT2D eigenvalue weighted by atomic mass is 32.2. The lowest BCUT2D eigenvalue weighted by Gasteiger charge is -2.45. The van der Waals surface area contributed by atoms with Crippen LogP contribution in [0.15, 0.2) is 40.1 Å². The molecule has 0 aliphatic carbocycles. The van der Waals surface area contributed by atoms with Gasteiger partial charge in [-0.05, 0) is 12.5 Å². The monoisotopic (exact) mass is 351 g/mol. The molecule has 3 atom stereocenters.